The summed E-state index contributed by atoms with van der Waals surface area (Å²) in [4.78, 5) is 18.7. The van der Waals surface area contributed by atoms with Crippen LogP contribution in [0, 0.1) is 0 Å². The van der Waals surface area contributed by atoms with Crippen molar-refractivity contribution in [3.8, 4) is 0 Å². The first-order valence-corrected chi connectivity index (χ1v) is 5.26. The third-order valence-electron chi connectivity index (χ3n) is 1.83. The van der Waals surface area contributed by atoms with Gasteiger partial charge in [0.2, 0.25) is 5.91 Å². The molecule has 6 heteroatoms. The number of carbonyl (C=O) groups excluding carboxylic acids is 1. The summed E-state index contributed by atoms with van der Waals surface area (Å²) in [6, 6.07) is 1.83. The van der Waals surface area contributed by atoms with Crippen LogP contribution >= 0.6 is 0 Å². The van der Waals surface area contributed by atoms with E-state index in [0.29, 0.717) is 13.1 Å². The molecule has 0 saturated carbocycles. The molecule has 0 unspecified atom stereocenters. The quantitative estimate of drug-likeness (QED) is 0.610. The molecule has 0 atom stereocenters. The van der Waals surface area contributed by atoms with E-state index in [-0.39, 0.29) is 5.91 Å². The molecule has 0 aliphatic carbocycles. The van der Waals surface area contributed by atoms with Gasteiger partial charge in [-0.05, 0) is 6.92 Å². The molecule has 6 nitrogen and oxygen atoms in total. The minimum Gasteiger partial charge on any atom is -0.370 e. The van der Waals surface area contributed by atoms with E-state index in [1.165, 1.54) is 13.3 Å². The van der Waals surface area contributed by atoms with E-state index >= 15 is 0 Å². The Balaban J connectivity index is 2.35. The summed E-state index contributed by atoms with van der Waals surface area (Å²) >= 11 is 0. The lowest BCUT2D eigenvalue weighted by Gasteiger charge is -2.07. The van der Waals surface area contributed by atoms with Crippen LogP contribution in [0.4, 0.5) is 11.6 Å². The average Bonchev–Trinajstić information content (AvgIpc) is 2.25. The Bertz CT molecular complexity index is 342. The topological polar surface area (TPSA) is 78.9 Å². The number of amides is 1. The molecule has 1 rings (SSSR count). The lowest BCUT2D eigenvalue weighted by Crippen LogP contribution is -2.26. The van der Waals surface area contributed by atoms with Crippen molar-refractivity contribution < 1.29 is 4.79 Å². The van der Waals surface area contributed by atoms with E-state index < -0.39 is 0 Å². The largest absolute Gasteiger partial charge is 0.370 e. The fourth-order valence-corrected chi connectivity index (χ4v) is 1.16. The highest BCUT2D eigenvalue weighted by atomic mass is 16.1. The van der Waals surface area contributed by atoms with Crippen LogP contribution in [-0.4, -0.2) is 35.5 Å². The zero-order valence-corrected chi connectivity index (χ0v) is 9.58. The number of hydrogen-bond donors (Lipinski definition) is 3. The number of hydrogen-bond acceptors (Lipinski definition) is 5. The van der Waals surface area contributed by atoms with Gasteiger partial charge in [0.25, 0.3) is 0 Å². The van der Waals surface area contributed by atoms with Crippen molar-refractivity contribution in [3.05, 3.63) is 12.4 Å². The fraction of sp³-hybridized carbons (Fsp3) is 0.500. The fourth-order valence-electron chi connectivity index (χ4n) is 1.16. The Morgan fingerprint density at radius 1 is 1.25 bits per heavy atom. The molecule has 0 fully saturated rings. The second kappa shape index (κ2) is 6.60. The Labute approximate surface area is 94.9 Å². The molecule has 0 aliphatic rings. The van der Waals surface area contributed by atoms with Crippen molar-refractivity contribution in [3.63, 3.8) is 0 Å². The Morgan fingerprint density at radius 2 is 1.94 bits per heavy atom. The molecular weight excluding hydrogens is 206 g/mol. The molecule has 0 saturated heterocycles. The van der Waals surface area contributed by atoms with Gasteiger partial charge in [0.1, 0.15) is 18.0 Å². The maximum Gasteiger partial charge on any atom is 0.216 e. The first-order chi connectivity index (χ1) is 7.72. The van der Waals surface area contributed by atoms with Crippen molar-refractivity contribution in [1.29, 1.82) is 0 Å². The molecule has 0 aliphatic heterocycles. The minimum atomic E-state index is -0.0298. The average molecular weight is 223 g/mol. The van der Waals surface area contributed by atoms with E-state index in [0.717, 1.165) is 18.2 Å². The molecule has 0 radical (unpaired) electrons. The second-order valence-corrected chi connectivity index (χ2v) is 3.23. The van der Waals surface area contributed by atoms with Crippen LogP contribution in [0.15, 0.2) is 12.4 Å². The third kappa shape index (κ3) is 4.59. The Kier molecular flexibility index (Phi) is 5.04. The predicted octanol–water partition coefficient (Wildman–Crippen LogP) is 0.456. The molecule has 0 spiro atoms. The predicted molar refractivity (Wildman–Crippen MR) is 63.4 cm³/mol. The number of carbonyl (C=O) groups is 1. The molecule has 1 aromatic rings. The molecule has 1 amide bonds. The van der Waals surface area contributed by atoms with Gasteiger partial charge in [-0.15, -0.1) is 0 Å². The number of nitrogens with zero attached hydrogens (tertiary/aromatic N) is 2. The summed E-state index contributed by atoms with van der Waals surface area (Å²) in [6.45, 7) is 5.54. The zero-order valence-electron chi connectivity index (χ0n) is 9.58. The van der Waals surface area contributed by atoms with Crippen LogP contribution in [0.1, 0.15) is 13.8 Å². The first kappa shape index (κ1) is 12.2. The number of aromatic nitrogens is 2. The minimum absolute atomic E-state index is 0.0298. The van der Waals surface area contributed by atoms with Gasteiger partial charge in [0, 0.05) is 32.6 Å². The van der Waals surface area contributed by atoms with E-state index in [2.05, 4.69) is 25.9 Å². The number of nitrogens with one attached hydrogen (secondary N) is 3. The van der Waals surface area contributed by atoms with Gasteiger partial charge >= 0.3 is 0 Å². The molecule has 1 heterocycles. The van der Waals surface area contributed by atoms with E-state index in [1.807, 2.05) is 13.0 Å². The molecule has 88 valence electrons. The summed E-state index contributed by atoms with van der Waals surface area (Å²) < 4.78 is 0. The summed E-state index contributed by atoms with van der Waals surface area (Å²) in [5.74, 6) is 1.51. The van der Waals surface area contributed by atoms with Gasteiger partial charge in [-0.2, -0.15) is 0 Å². The van der Waals surface area contributed by atoms with E-state index in [1.54, 1.807) is 0 Å². The maximum atomic E-state index is 10.6. The van der Waals surface area contributed by atoms with E-state index in [4.69, 9.17) is 0 Å². The van der Waals surface area contributed by atoms with Crippen molar-refractivity contribution in [2.75, 3.05) is 30.3 Å². The third-order valence-corrected chi connectivity index (χ3v) is 1.83. The smallest absolute Gasteiger partial charge is 0.216 e. The van der Waals surface area contributed by atoms with Gasteiger partial charge in [-0.25, -0.2) is 9.97 Å². The van der Waals surface area contributed by atoms with Crippen molar-refractivity contribution in [1.82, 2.24) is 15.3 Å². The maximum absolute atomic E-state index is 10.6. The Morgan fingerprint density at radius 3 is 2.56 bits per heavy atom. The Hall–Kier alpha value is -1.85. The standard InChI is InChI=1S/C10H17N5O/c1-3-11-9-6-10(15-7-14-9)13-5-4-12-8(2)16/h6-7H,3-5H2,1-2H3,(H,12,16)(H2,11,13,14,15). The second-order valence-electron chi connectivity index (χ2n) is 3.23. The number of anilines is 2. The normalized spacial score (nSPS) is 9.62. The molecule has 16 heavy (non-hydrogen) atoms. The summed E-state index contributed by atoms with van der Waals surface area (Å²) in [7, 11) is 0. The van der Waals surface area contributed by atoms with Gasteiger partial charge < -0.3 is 16.0 Å². The van der Waals surface area contributed by atoms with Gasteiger partial charge in [-0.1, -0.05) is 0 Å². The molecular formula is C10H17N5O. The van der Waals surface area contributed by atoms with E-state index in [9.17, 15) is 4.79 Å². The van der Waals surface area contributed by atoms with Crippen LogP contribution in [0.2, 0.25) is 0 Å². The first-order valence-electron chi connectivity index (χ1n) is 5.26. The molecule has 3 N–H and O–H groups in total. The van der Waals surface area contributed by atoms with Crippen LogP contribution in [-0.2, 0) is 4.79 Å². The molecule has 0 bridgehead atoms. The zero-order chi connectivity index (χ0) is 11.8. The van der Waals surface area contributed by atoms with Gasteiger partial charge in [0.15, 0.2) is 0 Å². The highest BCUT2D eigenvalue weighted by Crippen LogP contribution is 2.07. The van der Waals surface area contributed by atoms with Crippen LogP contribution in [0.5, 0.6) is 0 Å². The van der Waals surface area contributed by atoms with Gasteiger partial charge in [-0.3, -0.25) is 4.79 Å². The highest BCUT2D eigenvalue weighted by molar-refractivity contribution is 5.72. The lowest BCUT2D eigenvalue weighted by atomic mass is 10.5. The van der Waals surface area contributed by atoms with Crippen molar-refractivity contribution >= 4 is 17.5 Å². The highest BCUT2D eigenvalue weighted by Gasteiger charge is 1.97. The lowest BCUT2D eigenvalue weighted by molar-refractivity contribution is -0.118. The van der Waals surface area contributed by atoms with Crippen molar-refractivity contribution in [2.45, 2.75) is 13.8 Å². The number of rotatable bonds is 6. The summed E-state index contributed by atoms with van der Waals surface area (Å²) in [5, 5.41) is 8.88. The van der Waals surface area contributed by atoms with Crippen LogP contribution < -0.4 is 16.0 Å². The molecule has 0 aromatic carbocycles. The van der Waals surface area contributed by atoms with Gasteiger partial charge in [0.05, 0.1) is 0 Å². The summed E-state index contributed by atoms with van der Waals surface area (Å²) in [5.41, 5.74) is 0. The molecule has 1 aromatic heterocycles. The summed E-state index contributed by atoms with van der Waals surface area (Å²) in [6.07, 6.45) is 1.50. The monoisotopic (exact) mass is 223 g/mol. The van der Waals surface area contributed by atoms with Crippen LogP contribution in [0.25, 0.3) is 0 Å². The van der Waals surface area contributed by atoms with Crippen molar-refractivity contribution in [2.24, 2.45) is 0 Å². The van der Waals surface area contributed by atoms with Crippen LogP contribution in [0.3, 0.4) is 0 Å². The SMILES string of the molecule is CCNc1cc(NCCNC(C)=O)ncn1.